The zero-order valence-electron chi connectivity index (χ0n) is 17.9. The summed E-state index contributed by atoms with van der Waals surface area (Å²) in [6, 6.07) is 30.4. The second-order valence-corrected chi connectivity index (χ2v) is 8.17. The summed E-state index contributed by atoms with van der Waals surface area (Å²) >= 11 is 0. The van der Waals surface area contributed by atoms with Crippen LogP contribution < -0.4 is 0 Å². The molecule has 2 saturated heterocycles. The minimum absolute atomic E-state index is 0.107. The van der Waals surface area contributed by atoms with Crippen LogP contribution in [0.5, 0.6) is 0 Å². The highest BCUT2D eigenvalue weighted by atomic mass is 16.8. The molecule has 0 aromatic heterocycles. The summed E-state index contributed by atoms with van der Waals surface area (Å²) in [4.78, 5) is 0. The van der Waals surface area contributed by atoms with Gasteiger partial charge >= 0.3 is 0 Å². The second kappa shape index (κ2) is 10.4. The van der Waals surface area contributed by atoms with E-state index in [0.717, 1.165) is 16.7 Å². The Labute approximate surface area is 188 Å². The third-order valence-electron chi connectivity index (χ3n) is 5.77. The van der Waals surface area contributed by atoms with E-state index in [1.807, 2.05) is 54.6 Å². The second-order valence-electron chi connectivity index (χ2n) is 8.17. The maximum Gasteiger partial charge on any atom is 0.187 e. The number of fused-ring (bicyclic) bond motifs is 1. The van der Waals surface area contributed by atoms with Crippen molar-refractivity contribution in [2.75, 3.05) is 6.61 Å². The van der Waals surface area contributed by atoms with Gasteiger partial charge in [0.15, 0.2) is 6.29 Å². The van der Waals surface area contributed by atoms with Crippen LogP contribution in [0.25, 0.3) is 0 Å². The Morgan fingerprint density at radius 2 is 1.06 bits per heavy atom. The molecule has 3 aromatic carbocycles. The lowest BCUT2D eigenvalue weighted by molar-refractivity contribution is -0.192. The molecule has 2 aliphatic rings. The van der Waals surface area contributed by atoms with Gasteiger partial charge in [0, 0.05) is 0 Å². The summed E-state index contributed by atoms with van der Waals surface area (Å²) in [5, 5.41) is 0. The third-order valence-corrected chi connectivity index (χ3v) is 5.77. The van der Waals surface area contributed by atoms with E-state index in [1.54, 1.807) is 0 Å². The standard InChI is InChI=1S/C27H28O5/c1-4-10-20(11-5-1)16-28-19-23-24(29-17-21-12-6-2-7-13-21)25(26-27(31-23)32-26)30-18-22-14-8-3-9-15-22/h1-15,23-27H,16-19H2/t23-,24+,25+,26+,27+/m1/s1. The molecule has 2 fully saturated rings. The number of benzene rings is 3. The van der Waals surface area contributed by atoms with Crippen LogP contribution in [0.4, 0.5) is 0 Å². The van der Waals surface area contributed by atoms with Crippen LogP contribution in [0, 0.1) is 0 Å². The van der Waals surface area contributed by atoms with E-state index in [-0.39, 0.29) is 30.7 Å². The van der Waals surface area contributed by atoms with Gasteiger partial charge in [-0.25, -0.2) is 0 Å². The Hall–Kier alpha value is -2.54. The first-order valence-corrected chi connectivity index (χ1v) is 11.1. The van der Waals surface area contributed by atoms with Gasteiger partial charge in [0.05, 0.1) is 26.4 Å². The van der Waals surface area contributed by atoms with E-state index in [9.17, 15) is 0 Å². The van der Waals surface area contributed by atoms with Crippen molar-refractivity contribution in [3.63, 3.8) is 0 Å². The first-order valence-electron chi connectivity index (χ1n) is 11.1. The number of epoxide rings is 1. The molecule has 5 atom stereocenters. The topological polar surface area (TPSA) is 49.5 Å². The quantitative estimate of drug-likeness (QED) is 0.442. The highest BCUT2D eigenvalue weighted by Gasteiger charge is 2.58. The molecule has 5 rings (SSSR count). The molecule has 5 heteroatoms. The Bertz CT molecular complexity index is 950. The number of ether oxygens (including phenoxy) is 5. The van der Waals surface area contributed by atoms with Gasteiger partial charge in [-0.2, -0.15) is 0 Å². The molecular weight excluding hydrogens is 404 g/mol. The Balaban J connectivity index is 1.26. The van der Waals surface area contributed by atoms with Crippen molar-refractivity contribution in [2.24, 2.45) is 0 Å². The van der Waals surface area contributed by atoms with Crippen molar-refractivity contribution in [3.05, 3.63) is 108 Å². The summed E-state index contributed by atoms with van der Waals surface area (Å²) in [7, 11) is 0. The van der Waals surface area contributed by atoms with Gasteiger partial charge < -0.3 is 23.7 Å². The summed E-state index contributed by atoms with van der Waals surface area (Å²) in [6.45, 7) is 1.91. The van der Waals surface area contributed by atoms with Gasteiger partial charge in [-0.3, -0.25) is 0 Å². The summed E-state index contributed by atoms with van der Waals surface area (Å²) in [5.41, 5.74) is 3.36. The monoisotopic (exact) mass is 432 g/mol. The Morgan fingerprint density at radius 3 is 1.62 bits per heavy atom. The Kier molecular flexibility index (Phi) is 6.92. The number of hydrogen-bond donors (Lipinski definition) is 0. The molecule has 0 unspecified atom stereocenters. The van der Waals surface area contributed by atoms with Crippen molar-refractivity contribution in [1.82, 2.24) is 0 Å². The van der Waals surface area contributed by atoms with Gasteiger partial charge in [0.1, 0.15) is 24.4 Å². The van der Waals surface area contributed by atoms with Crippen LogP contribution in [-0.4, -0.2) is 37.3 Å². The fraction of sp³-hybridized carbons (Fsp3) is 0.333. The molecule has 5 nitrogen and oxygen atoms in total. The molecule has 2 heterocycles. The van der Waals surface area contributed by atoms with Gasteiger partial charge in [0.2, 0.25) is 0 Å². The van der Waals surface area contributed by atoms with E-state index in [4.69, 9.17) is 23.7 Å². The zero-order valence-corrected chi connectivity index (χ0v) is 17.9. The molecule has 32 heavy (non-hydrogen) atoms. The molecular formula is C27H28O5. The van der Waals surface area contributed by atoms with Gasteiger partial charge in [0.25, 0.3) is 0 Å². The highest BCUT2D eigenvalue weighted by Crippen LogP contribution is 2.39. The van der Waals surface area contributed by atoms with Gasteiger partial charge in [-0.05, 0) is 16.7 Å². The zero-order chi connectivity index (χ0) is 21.6. The maximum absolute atomic E-state index is 6.37. The molecule has 0 bridgehead atoms. The fourth-order valence-electron chi connectivity index (χ4n) is 4.03. The van der Waals surface area contributed by atoms with Crippen molar-refractivity contribution in [3.8, 4) is 0 Å². The van der Waals surface area contributed by atoms with Crippen molar-refractivity contribution in [1.29, 1.82) is 0 Å². The van der Waals surface area contributed by atoms with Crippen molar-refractivity contribution < 1.29 is 23.7 Å². The summed E-state index contributed by atoms with van der Waals surface area (Å²) < 4.78 is 30.6. The minimum Gasteiger partial charge on any atom is -0.374 e. The van der Waals surface area contributed by atoms with E-state index in [2.05, 4.69) is 36.4 Å². The number of hydrogen-bond acceptors (Lipinski definition) is 5. The van der Waals surface area contributed by atoms with E-state index in [1.165, 1.54) is 0 Å². The molecule has 2 aliphatic heterocycles. The van der Waals surface area contributed by atoms with E-state index >= 15 is 0 Å². The largest absolute Gasteiger partial charge is 0.374 e. The molecule has 0 radical (unpaired) electrons. The smallest absolute Gasteiger partial charge is 0.187 e. The Morgan fingerprint density at radius 1 is 0.562 bits per heavy atom. The predicted molar refractivity (Wildman–Crippen MR) is 120 cm³/mol. The molecule has 0 spiro atoms. The van der Waals surface area contributed by atoms with E-state index in [0.29, 0.717) is 26.4 Å². The van der Waals surface area contributed by atoms with E-state index < -0.39 is 0 Å². The van der Waals surface area contributed by atoms with Crippen molar-refractivity contribution >= 4 is 0 Å². The fourth-order valence-corrected chi connectivity index (χ4v) is 4.03. The third kappa shape index (κ3) is 5.44. The average Bonchev–Trinajstić information content (AvgIpc) is 3.63. The average molecular weight is 433 g/mol. The van der Waals surface area contributed by atoms with Crippen LogP contribution in [0.2, 0.25) is 0 Å². The molecule has 3 aromatic rings. The normalized spacial score (nSPS) is 26.4. The number of rotatable bonds is 10. The first kappa shape index (κ1) is 21.3. The summed E-state index contributed by atoms with van der Waals surface area (Å²) in [6.07, 6.45) is -1.14. The molecule has 166 valence electrons. The van der Waals surface area contributed by atoms with Crippen LogP contribution in [0.3, 0.4) is 0 Å². The highest BCUT2D eigenvalue weighted by molar-refractivity contribution is 5.15. The molecule has 0 amide bonds. The molecule has 0 saturated carbocycles. The van der Waals surface area contributed by atoms with Gasteiger partial charge in [-0.1, -0.05) is 91.0 Å². The van der Waals surface area contributed by atoms with Gasteiger partial charge in [-0.15, -0.1) is 0 Å². The molecule has 0 aliphatic carbocycles. The summed E-state index contributed by atoms with van der Waals surface area (Å²) in [5.74, 6) is 0. The van der Waals surface area contributed by atoms with Crippen LogP contribution in [-0.2, 0) is 43.5 Å². The van der Waals surface area contributed by atoms with Crippen LogP contribution >= 0.6 is 0 Å². The lowest BCUT2D eigenvalue weighted by atomic mass is 10.0. The minimum atomic E-state index is -0.293. The first-order chi connectivity index (χ1) is 15.9. The van der Waals surface area contributed by atoms with Crippen LogP contribution in [0.15, 0.2) is 91.0 Å². The predicted octanol–water partition coefficient (Wildman–Crippen LogP) is 4.50. The van der Waals surface area contributed by atoms with Crippen molar-refractivity contribution in [2.45, 2.75) is 50.5 Å². The SMILES string of the molecule is c1ccc(COC[C@H]2O[C@H]3O[C@H]3[C@@H](OCc3ccccc3)[C@H]2OCc2ccccc2)cc1. The van der Waals surface area contributed by atoms with Crippen LogP contribution in [0.1, 0.15) is 16.7 Å². The lowest BCUT2D eigenvalue weighted by Gasteiger charge is -2.35. The lowest BCUT2D eigenvalue weighted by Crippen LogP contribution is -2.52. The maximum atomic E-state index is 6.37. The molecule has 0 N–H and O–H groups in total.